The number of halogens is 2. The normalized spacial score (nSPS) is 10.2. The highest BCUT2D eigenvalue weighted by atomic mass is 35.5. The van der Waals surface area contributed by atoms with Crippen LogP contribution in [-0.2, 0) is 0 Å². The molecule has 1 aromatic carbocycles. The average molecular weight is 413 g/mol. The first-order valence-electron chi connectivity index (χ1n) is 7.85. The van der Waals surface area contributed by atoms with Gasteiger partial charge in [-0.2, -0.15) is 5.21 Å². The van der Waals surface area contributed by atoms with Crippen molar-refractivity contribution in [2.24, 2.45) is 0 Å². The van der Waals surface area contributed by atoms with Gasteiger partial charge in [-0.15, -0.1) is 29.9 Å². The van der Waals surface area contributed by atoms with Crippen LogP contribution < -0.4 is 10.2 Å². The molecule has 0 aliphatic heterocycles. The van der Waals surface area contributed by atoms with Gasteiger partial charge >= 0.3 is 0 Å². The third kappa shape index (κ3) is 5.49. The van der Waals surface area contributed by atoms with E-state index in [1.54, 1.807) is 6.07 Å². The number of anilines is 2. The molecule has 146 valence electrons. The smallest absolute Gasteiger partial charge is 0.276 e. The van der Waals surface area contributed by atoms with Gasteiger partial charge in [-0.25, -0.2) is 4.98 Å². The van der Waals surface area contributed by atoms with Crippen LogP contribution in [0, 0.1) is 0 Å². The van der Waals surface area contributed by atoms with Crippen molar-refractivity contribution >= 4 is 53.3 Å². The number of hydrogen-bond donors (Lipinski definition) is 2. The molecule has 3 rings (SSSR count). The number of benzene rings is 1. The Morgan fingerprint density at radius 2 is 1.89 bits per heavy atom. The third-order valence-electron chi connectivity index (χ3n) is 3.79. The predicted octanol–water partition coefficient (Wildman–Crippen LogP) is 1.84. The van der Waals surface area contributed by atoms with Gasteiger partial charge < -0.3 is 9.80 Å². The molecule has 0 atom stereocenters. The highest BCUT2D eigenvalue weighted by molar-refractivity contribution is 6.05. The first-order chi connectivity index (χ1) is 12.0. The lowest BCUT2D eigenvalue weighted by atomic mass is 10.1. The Hall–Kier alpha value is -2.49. The van der Waals surface area contributed by atoms with E-state index in [1.807, 2.05) is 45.4 Å². The minimum atomic E-state index is -0.380. The van der Waals surface area contributed by atoms with E-state index in [0.717, 1.165) is 29.7 Å². The fourth-order valence-corrected chi connectivity index (χ4v) is 2.44. The molecule has 0 aliphatic rings. The fourth-order valence-electron chi connectivity index (χ4n) is 2.44. The van der Waals surface area contributed by atoms with Gasteiger partial charge in [-0.1, -0.05) is 23.3 Å². The van der Waals surface area contributed by atoms with Crippen molar-refractivity contribution in [3.8, 4) is 0 Å². The number of carbonyl (C=O) groups is 1. The summed E-state index contributed by atoms with van der Waals surface area (Å²) in [6, 6.07) is 9.55. The van der Waals surface area contributed by atoms with E-state index in [-0.39, 0.29) is 36.7 Å². The van der Waals surface area contributed by atoms with Gasteiger partial charge in [0.2, 0.25) is 0 Å². The molecular weight excluding hydrogens is 391 g/mol. The Kier molecular flexibility index (Phi) is 8.35. The Morgan fingerprint density at radius 3 is 2.56 bits per heavy atom. The lowest BCUT2D eigenvalue weighted by Crippen LogP contribution is -2.29. The summed E-state index contributed by atoms with van der Waals surface area (Å²) in [5.41, 5.74) is 2.01. The second-order valence-electron chi connectivity index (χ2n) is 5.96. The second-order valence-corrected chi connectivity index (χ2v) is 5.96. The molecule has 0 unspecified atom stereocenters. The topological polar surface area (TPSA) is 103 Å². The Labute approximate surface area is 169 Å². The van der Waals surface area contributed by atoms with Crippen LogP contribution in [0.5, 0.6) is 0 Å². The van der Waals surface area contributed by atoms with Crippen LogP contribution in [0.3, 0.4) is 0 Å². The number of rotatable bonds is 6. The number of tetrazole rings is 1. The van der Waals surface area contributed by atoms with Crippen LogP contribution in [0.1, 0.15) is 10.5 Å². The molecular formula is C16H22Cl2N8O. The molecule has 0 spiro atoms. The molecule has 2 heterocycles. The number of nitrogens with zero attached hydrogens (tertiary/aromatic N) is 6. The predicted molar refractivity (Wildman–Crippen MR) is 110 cm³/mol. The van der Waals surface area contributed by atoms with Crippen molar-refractivity contribution in [1.29, 1.82) is 0 Å². The summed E-state index contributed by atoms with van der Waals surface area (Å²) in [5, 5.41) is 16.7. The van der Waals surface area contributed by atoms with E-state index in [2.05, 4.69) is 40.7 Å². The van der Waals surface area contributed by atoms with E-state index < -0.39 is 0 Å². The number of pyridine rings is 1. The van der Waals surface area contributed by atoms with Crippen molar-refractivity contribution in [2.75, 3.05) is 44.4 Å². The number of carbonyl (C=O) groups excluding carboxylic acids is 1. The molecule has 0 saturated heterocycles. The van der Waals surface area contributed by atoms with Crippen LogP contribution >= 0.6 is 24.8 Å². The van der Waals surface area contributed by atoms with E-state index >= 15 is 0 Å². The minimum Gasteiger partial charge on any atom is -0.373 e. The van der Waals surface area contributed by atoms with Crippen LogP contribution in [-0.4, -0.2) is 70.6 Å². The number of hydrogen-bond acceptors (Lipinski definition) is 7. The maximum absolute atomic E-state index is 12.5. The van der Waals surface area contributed by atoms with Crippen molar-refractivity contribution in [3.63, 3.8) is 0 Å². The number of aromatic amines is 1. The zero-order valence-corrected chi connectivity index (χ0v) is 16.8. The van der Waals surface area contributed by atoms with Gasteiger partial charge in [0.15, 0.2) is 0 Å². The fraction of sp³-hybridized carbons (Fsp3) is 0.312. The summed E-state index contributed by atoms with van der Waals surface area (Å²) in [5.74, 6) is -0.267. The van der Waals surface area contributed by atoms with E-state index in [0.29, 0.717) is 5.69 Å². The van der Waals surface area contributed by atoms with Crippen molar-refractivity contribution in [1.82, 2.24) is 30.5 Å². The van der Waals surface area contributed by atoms with Gasteiger partial charge in [0, 0.05) is 31.2 Å². The summed E-state index contributed by atoms with van der Waals surface area (Å²) >= 11 is 0. The number of para-hydroxylation sites is 1. The summed E-state index contributed by atoms with van der Waals surface area (Å²) in [4.78, 5) is 21.2. The maximum atomic E-state index is 12.5. The number of likely N-dealkylation sites (N-methyl/N-ethyl adjacent to an activating group) is 2. The lowest BCUT2D eigenvalue weighted by molar-refractivity contribution is 0.102. The quantitative estimate of drug-likeness (QED) is 0.636. The zero-order chi connectivity index (χ0) is 17.8. The molecule has 9 nitrogen and oxygen atoms in total. The molecule has 2 aromatic heterocycles. The molecule has 0 saturated carbocycles. The Morgan fingerprint density at radius 1 is 1.15 bits per heavy atom. The van der Waals surface area contributed by atoms with Crippen LogP contribution in [0.2, 0.25) is 0 Å². The van der Waals surface area contributed by atoms with Gasteiger partial charge in [0.25, 0.3) is 11.9 Å². The van der Waals surface area contributed by atoms with Crippen LogP contribution in [0.15, 0.2) is 30.3 Å². The summed E-state index contributed by atoms with van der Waals surface area (Å²) in [6.45, 7) is 1.73. The van der Waals surface area contributed by atoms with Crippen molar-refractivity contribution in [3.05, 3.63) is 36.0 Å². The van der Waals surface area contributed by atoms with E-state index in [4.69, 9.17) is 0 Å². The minimum absolute atomic E-state index is 0. The number of H-pyrrole nitrogens is 1. The number of fused-ring (bicyclic) bond motifs is 1. The van der Waals surface area contributed by atoms with E-state index in [1.165, 1.54) is 0 Å². The molecule has 0 fully saturated rings. The third-order valence-corrected chi connectivity index (χ3v) is 3.79. The van der Waals surface area contributed by atoms with E-state index in [9.17, 15) is 4.79 Å². The lowest BCUT2D eigenvalue weighted by Gasteiger charge is -2.23. The first kappa shape index (κ1) is 22.6. The second kappa shape index (κ2) is 10.0. The molecule has 0 radical (unpaired) electrons. The molecule has 27 heavy (non-hydrogen) atoms. The standard InChI is InChI=1S/C16H20N8O.2ClH/c1-23(2)8-9-24(3)14-10-13(15(25)18-16-19-21-22-20-16)17-12-7-5-4-6-11(12)14;;/h4-7,10H,8-9H2,1-3H3,(H2,18,19,20,21,22,25);2*1H. The SMILES string of the molecule is CN(C)CCN(C)c1cc(C(=O)Nc2nn[nH]n2)nc2ccccc12.Cl.Cl. The van der Waals surface area contributed by atoms with Gasteiger partial charge in [0.1, 0.15) is 5.69 Å². The highest BCUT2D eigenvalue weighted by Crippen LogP contribution is 2.26. The molecule has 3 aromatic rings. The summed E-state index contributed by atoms with van der Waals surface area (Å²) in [6.07, 6.45) is 0. The summed E-state index contributed by atoms with van der Waals surface area (Å²) in [7, 11) is 6.07. The molecule has 11 heteroatoms. The van der Waals surface area contributed by atoms with Gasteiger partial charge in [0.05, 0.1) is 5.52 Å². The number of aromatic nitrogens is 5. The molecule has 0 bridgehead atoms. The summed E-state index contributed by atoms with van der Waals surface area (Å²) < 4.78 is 0. The first-order valence-corrected chi connectivity index (χ1v) is 7.85. The Balaban J connectivity index is 0.00000182. The average Bonchev–Trinajstić information content (AvgIpc) is 3.11. The number of nitrogens with one attached hydrogen (secondary N) is 2. The Bertz CT molecular complexity index is 872. The largest absolute Gasteiger partial charge is 0.373 e. The van der Waals surface area contributed by atoms with Crippen LogP contribution in [0.4, 0.5) is 11.6 Å². The van der Waals surface area contributed by atoms with Gasteiger partial charge in [-0.3, -0.25) is 10.1 Å². The van der Waals surface area contributed by atoms with Crippen LogP contribution in [0.25, 0.3) is 10.9 Å². The molecule has 1 amide bonds. The van der Waals surface area contributed by atoms with Crippen molar-refractivity contribution < 1.29 is 4.79 Å². The molecule has 0 aliphatic carbocycles. The number of amides is 1. The maximum Gasteiger partial charge on any atom is 0.276 e. The highest BCUT2D eigenvalue weighted by Gasteiger charge is 2.16. The van der Waals surface area contributed by atoms with Crippen molar-refractivity contribution in [2.45, 2.75) is 0 Å². The van der Waals surface area contributed by atoms with Gasteiger partial charge in [-0.05, 0) is 31.4 Å². The zero-order valence-electron chi connectivity index (χ0n) is 15.2. The molecule has 2 N–H and O–H groups in total. The monoisotopic (exact) mass is 412 g/mol.